The number of nitrogens with zero attached hydrogens (tertiary/aromatic N) is 1. The number of carbonyl (C=O) groups excluding carboxylic acids is 2. The molecule has 0 saturated heterocycles. The number of ether oxygens (including phenoxy) is 3. The fourth-order valence-corrected chi connectivity index (χ4v) is 3.11. The molecule has 8 nitrogen and oxygen atoms in total. The zero-order chi connectivity index (χ0) is 23.0. The van der Waals surface area contributed by atoms with E-state index >= 15 is 0 Å². The number of likely N-dealkylation sites (N-methyl/N-ethyl adjacent to an activating group) is 1. The van der Waals surface area contributed by atoms with Crippen molar-refractivity contribution in [3.63, 3.8) is 0 Å². The van der Waals surface area contributed by atoms with Crippen LogP contribution in [-0.2, 0) is 16.1 Å². The summed E-state index contributed by atoms with van der Waals surface area (Å²) >= 11 is 11.8. The quantitative estimate of drug-likeness (QED) is 0.555. The van der Waals surface area contributed by atoms with Crippen LogP contribution in [-0.4, -0.2) is 58.2 Å². The summed E-state index contributed by atoms with van der Waals surface area (Å²) in [4.78, 5) is 26.1. The SMILES string of the molecule is COc1cc(CNC(=O)CN(C)CC(=O)Nc2ccc(Cl)c(Cl)c2)cc(OC)c1OC. The maximum Gasteiger partial charge on any atom is 0.238 e. The van der Waals surface area contributed by atoms with Gasteiger partial charge in [-0.3, -0.25) is 14.5 Å². The van der Waals surface area contributed by atoms with Gasteiger partial charge in [-0.05, 0) is 42.9 Å². The van der Waals surface area contributed by atoms with Crippen LogP contribution in [0.3, 0.4) is 0 Å². The van der Waals surface area contributed by atoms with E-state index in [1.165, 1.54) is 21.3 Å². The average Bonchev–Trinajstić information content (AvgIpc) is 2.73. The number of halogens is 2. The highest BCUT2D eigenvalue weighted by Crippen LogP contribution is 2.38. The number of hydrogen-bond acceptors (Lipinski definition) is 6. The van der Waals surface area contributed by atoms with Crippen molar-refractivity contribution in [2.45, 2.75) is 6.54 Å². The second-order valence-electron chi connectivity index (χ2n) is 6.66. The van der Waals surface area contributed by atoms with Crippen molar-refractivity contribution in [3.8, 4) is 17.2 Å². The van der Waals surface area contributed by atoms with Gasteiger partial charge in [0, 0.05) is 12.2 Å². The molecule has 0 atom stereocenters. The zero-order valence-corrected chi connectivity index (χ0v) is 19.3. The van der Waals surface area contributed by atoms with Gasteiger partial charge in [-0.15, -0.1) is 0 Å². The second-order valence-corrected chi connectivity index (χ2v) is 7.47. The summed E-state index contributed by atoms with van der Waals surface area (Å²) in [7, 11) is 6.25. The number of rotatable bonds is 10. The Labute approximate surface area is 191 Å². The number of nitrogens with one attached hydrogen (secondary N) is 2. The minimum absolute atomic E-state index is 0.0256. The number of amides is 2. The summed E-state index contributed by atoms with van der Waals surface area (Å²) in [6.07, 6.45) is 0. The molecule has 2 N–H and O–H groups in total. The average molecular weight is 470 g/mol. The van der Waals surface area contributed by atoms with Gasteiger partial charge in [0.25, 0.3) is 0 Å². The first-order chi connectivity index (χ1) is 14.8. The zero-order valence-electron chi connectivity index (χ0n) is 17.8. The Bertz CT molecular complexity index is 914. The lowest BCUT2D eigenvalue weighted by Gasteiger charge is -2.17. The highest BCUT2D eigenvalue weighted by Gasteiger charge is 2.15. The van der Waals surface area contributed by atoms with Crippen LogP contribution < -0.4 is 24.8 Å². The molecule has 0 fully saturated rings. The number of carbonyl (C=O) groups is 2. The topological polar surface area (TPSA) is 89.1 Å². The minimum Gasteiger partial charge on any atom is -0.493 e. The van der Waals surface area contributed by atoms with Crippen LogP contribution in [0.4, 0.5) is 5.69 Å². The van der Waals surface area contributed by atoms with Crippen molar-refractivity contribution in [2.24, 2.45) is 0 Å². The molecule has 0 aliphatic carbocycles. The monoisotopic (exact) mass is 469 g/mol. The van der Waals surface area contributed by atoms with Crippen LogP contribution in [0, 0.1) is 0 Å². The molecule has 0 aromatic heterocycles. The van der Waals surface area contributed by atoms with Crippen molar-refractivity contribution in [1.82, 2.24) is 10.2 Å². The van der Waals surface area contributed by atoms with Crippen LogP contribution in [0.15, 0.2) is 30.3 Å². The van der Waals surface area contributed by atoms with Crippen LogP contribution >= 0.6 is 23.2 Å². The molecule has 0 heterocycles. The van der Waals surface area contributed by atoms with Crippen molar-refractivity contribution in [2.75, 3.05) is 46.8 Å². The Kier molecular flexibility index (Phi) is 9.23. The third-order valence-electron chi connectivity index (χ3n) is 4.24. The molecule has 2 rings (SSSR count). The van der Waals surface area contributed by atoms with Gasteiger partial charge in [0.05, 0.1) is 44.5 Å². The first kappa shape index (κ1) is 24.6. The van der Waals surface area contributed by atoms with Crippen LogP contribution in [0.5, 0.6) is 17.2 Å². The van der Waals surface area contributed by atoms with E-state index in [4.69, 9.17) is 37.4 Å². The van der Waals surface area contributed by atoms with E-state index in [1.807, 2.05) is 0 Å². The fraction of sp³-hybridized carbons (Fsp3) is 0.333. The Morgan fingerprint density at radius 3 is 2.06 bits per heavy atom. The van der Waals surface area contributed by atoms with Gasteiger partial charge in [-0.25, -0.2) is 0 Å². The molecule has 2 aromatic carbocycles. The summed E-state index contributed by atoms with van der Waals surface area (Å²) in [5.41, 5.74) is 1.31. The highest BCUT2D eigenvalue weighted by atomic mass is 35.5. The lowest BCUT2D eigenvalue weighted by molar-refractivity contribution is -0.123. The van der Waals surface area contributed by atoms with Crippen LogP contribution in [0.2, 0.25) is 10.0 Å². The highest BCUT2D eigenvalue weighted by molar-refractivity contribution is 6.42. The Morgan fingerprint density at radius 2 is 1.52 bits per heavy atom. The molecular weight excluding hydrogens is 445 g/mol. The van der Waals surface area contributed by atoms with Crippen LogP contribution in [0.1, 0.15) is 5.56 Å². The summed E-state index contributed by atoms with van der Waals surface area (Å²) in [5, 5.41) is 6.27. The van der Waals surface area contributed by atoms with Crippen molar-refractivity contribution < 1.29 is 23.8 Å². The molecule has 0 aliphatic heterocycles. The number of anilines is 1. The molecule has 0 aliphatic rings. The summed E-state index contributed by atoms with van der Waals surface area (Å²) in [6, 6.07) is 8.33. The third-order valence-corrected chi connectivity index (χ3v) is 4.98. The van der Waals surface area contributed by atoms with Gasteiger partial charge in [0.1, 0.15) is 0 Å². The minimum atomic E-state index is -0.279. The van der Waals surface area contributed by atoms with Gasteiger partial charge in [-0.2, -0.15) is 0 Å². The van der Waals surface area contributed by atoms with E-state index in [-0.39, 0.29) is 31.4 Å². The molecular formula is C21H25Cl2N3O5. The molecule has 31 heavy (non-hydrogen) atoms. The first-order valence-electron chi connectivity index (χ1n) is 9.26. The predicted molar refractivity (Wildman–Crippen MR) is 121 cm³/mol. The van der Waals surface area contributed by atoms with E-state index in [1.54, 1.807) is 42.3 Å². The molecule has 2 aromatic rings. The van der Waals surface area contributed by atoms with E-state index < -0.39 is 0 Å². The number of hydrogen-bond donors (Lipinski definition) is 2. The molecule has 2 amide bonds. The lowest BCUT2D eigenvalue weighted by atomic mass is 10.1. The Balaban J connectivity index is 1.86. The fourth-order valence-electron chi connectivity index (χ4n) is 2.81. The predicted octanol–water partition coefficient (Wildman–Crippen LogP) is 3.21. The Hall–Kier alpha value is -2.68. The van der Waals surface area contributed by atoms with Gasteiger partial charge in [-0.1, -0.05) is 23.2 Å². The normalized spacial score (nSPS) is 10.5. The lowest BCUT2D eigenvalue weighted by Crippen LogP contribution is -2.38. The summed E-state index contributed by atoms with van der Waals surface area (Å²) in [5.74, 6) is 0.967. The molecule has 0 spiro atoms. The molecule has 0 unspecified atom stereocenters. The maximum absolute atomic E-state index is 12.3. The molecule has 0 saturated carbocycles. The maximum atomic E-state index is 12.3. The van der Waals surface area contributed by atoms with Gasteiger partial charge in [0.15, 0.2) is 11.5 Å². The molecule has 10 heteroatoms. The third kappa shape index (κ3) is 7.20. The number of methoxy groups -OCH3 is 3. The largest absolute Gasteiger partial charge is 0.493 e. The van der Waals surface area contributed by atoms with Crippen molar-refractivity contribution >= 4 is 40.7 Å². The standard InChI is InChI=1S/C21H25Cl2N3O5/c1-26(12-20(28)25-14-5-6-15(22)16(23)9-14)11-19(27)24-10-13-7-17(29-2)21(31-4)18(8-13)30-3/h5-9H,10-12H2,1-4H3,(H,24,27)(H,25,28). The molecule has 0 radical (unpaired) electrons. The first-order valence-corrected chi connectivity index (χ1v) is 10.0. The second kappa shape index (κ2) is 11.6. The summed E-state index contributed by atoms with van der Waals surface area (Å²) in [6.45, 7) is 0.329. The van der Waals surface area contributed by atoms with E-state index in [9.17, 15) is 9.59 Å². The Morgan fingerprint density at radius 1 is 0.903 bits per heavy atom. The van der Waals surface area contributed by atoms with E-state index in [2.05, 4.69) is 10.6 Å². The molecule has 0 bridgehead atoms. The van der Waals surface area contributed by atoms with Crippen LogP contribution in [0.25, 0.3) is 0 Å². The molecule has 168 valence electrons. The van der Waals surface area contributed by atoms with Crippen molar-refractivity contribution in [1.29, 1.82) is 0 Å². The van der Waals surface area contributed by atoms with Crippen molar-refractivity contribution in [3.05, 3.63) is 45.9 Å². The van der Waals surface area contributed by atoms with Gasteiger partial charge in [0.2, 0.25) is 17.6 Å². The van der Waals surface area contributed by atoms with Gasteiger partial charge >= 0.3 is 0 Å². The van der Waals surface area contributed by atoms with E-state index in [0.29, 0.717) is 33.0 Å². The number of benzene rings is 2. The van der Waals surface area contributed by atoms with E-state index in [0.717, 1.165) is 5.56 Å². The summed E-state index contributed by atoms with van der Waals surface area (Å²) < 4.78 is 15.9. The van der Waals surface area contributed by atoms with Gasteiger partial charge < -0.3 is 24.8 Å². The smallest absolute Gasteiger partial charge is 0.238 e.